The number of likely N-dealkylation sites (tertiary alicyclic amines) is 1. The van der Waals surface area contributed by atoms with Crippen molar-refractivity contribution in [1.29, 1.82) is 0 Å². The molecular formula is C16H17ClN2OS2. The Kier molecular flexibility index (Phi) is 4.76. The Morgan fingerprint density at radius 2 is 2.00 bits per heavy atom. The number of aryl methyl sites for hydroxylation is 1. The molecule has 116 valence electrons. The van der Waals surface area contributed by atoms with Gasteiger partial charge in [0.1, 0.15) is 0 Å². The topological polar surface area (TPSA) is 23.6 Å². The SMILES string of the molecule is Cc1ccc(N2C(=O)/C(=C\N3CCCCC3)SC2=S)cc1Cl. The van der Waals surface area contributed by atoms with E-state index in [0.717, 1.165) is 24.3 Å². The van der Waals surface area contributed by atoms with Crippen LogP contribution in [0, 0.1) is 6.92 Å². The second kappa shape index (κ2) is 6.60. The van der Waals surface area contributed by atoms with Crippen molar-refractivity contribution in [2.24, 2.45) is 0 Å². The summed E-state index contributed by atoms with van der Waals surface area (Å²) in [4.78, 5) is 17.2. The summed E-state index contributed by atoms with van der Waals surface area (Å²) in [6.07, 6.45) is 5.61. The van der Waals surface area contributed by atoms with Gasteiger partial charge in [0.25, 0.3) is 5.91 Å². The van der Waals surface area contributed by atoms with Crippen LogP contribution in [0.2, 0.25) is 5.02 Å². The van der Waals surface area contributed by atoms with Crippen molar-refractivity contribution in [2.75, 3.05) is 18.0 Å². The number of benzene rings is 1. The van der Waals surface area contributed by atoms with Gasteiger partial charge in [0.15, 0.2) is 4.32 Å². The molecule has 6 heteroatoms. The number of amides is 1. The number of piperidine rings is 1. The van der Waals surface area contributed by atoms with Crippen LogP contribution in [0.5, 0.6) is 0 Å². The Morgan fingerprint density at radius 1 is 1.27 bits per heavy atom. The summed E-state index contributed by atoms with van der Waals surface area (Å²) in [5.74, 6) is -0.0551. The van der Waals surface area contributed by atoms with Crippen LogP contribution in [0.1, 0.15) is 24.8 Å². The lowest BCUT2D eigenvalue weighted by atomic mass is 10.1. The molecule has 2 fully saturated rings. The third kappa shape index (κ3) is 3.16. The van der Waals surface area contributed by atoms with Crippen LogP contribution in [0.25, 0.3) is 0 Å². The summed E-state index contributed by atoms with van der Waals surface area (Å²) < 4.78 is 0.563. The van der Waals surface area contributed by atoms with Gasteiger partial charge in [0, 0.05) is 24.3 Å². The molecular weight excluding hydrogens is 336 g/mol. The molecule has 0 N–H and O–H groups in total. The number of nitrogens with zero attached hydrogens (tertiary/aromatic N) is 2. The van der Waals surface area contributed by atoms with E-state index in [9.17, 15) is 4.79 Å². The lowest BCUT2D eigenvalue weighted by molar-refractivity contribution is -0.113. The predicted molar refractivity (Wildman–Crippen MR) is 97.4 cm³/mol. The molecule has 0 spiro atoms. The number of carbonyl (C=O) groups excluding carboxylic acids is 1. The summed E-state index contributed by atoms with van der Waals surface area (Å²) in [6.45, 7) is 3.97. The van der Waals surface area contributed by atoms with Gasteiger partial charge in [0.05, 0.1) is 10.6 Å². The monoisotopic (exact) mass is 352 g/mol. The molecule has 0 radical (unpaired) electrons. The molecule has 2 heterocycles. The number of hydrogen-bond acceptors (Lipinski definition) is 4. The first-order valence-electron chi connectivity index (χ1n) is 7.34. The molecule has 0 atom stereocenters. The first kappa shape index (κ1) is 15.8. The number of anilines is 1. The second-order valence-corrected chi connectivity index (χ2v) is 7.61. The third-order valence-corrected chi connectivity index (χ3v) is 5.59. The smallest absolute Gasteiger partial charge is 0.272 e. The van der Waals surface area contributed by atoms with Gasteiger partial charge in [-0.1, -0.05) is 41.6 Å². The number of thiocarbonyl (C=S) groups is 1. The molecule has 0 aromatic heterocycles. The predicted octanol–water partition coefficient (Wildman–Crippen LogP) is 4.34. The highest BCUT2D eigenvalue weighted by Gasteiger charge is 2.34. The minimum absolute atomic E-state index is 0.0551. The first-order chi connectivity index (χ1) is 10.6. The Hall–Kier alpha value is -1.04. The minimum Gasteiger partial charge on any atom is -0.376 e. The third-order valence-electron chi connectivity index (χ3n) is 3.90. The van der Waals surface area contributed by atoms with Crippen molar-refractivity contribution in [2.45, 2.75) is 26.2 Å². The molecule has 0 unspecified atom stereocenters. The van der Waals surface area contributed by atoms with Crippen LogP contribution in [0.3, 0.4) is 0 Å². The van der Waals surface area contributed by atoms with Crippen LogP contribution in [-0.4, -0.2) is 28.2 Å². The van der Waals surface area contributed by atoms with Crippen LogP contribution in [-0.2, 0) is 4.79 Å². The fourth-order valence-corrected chi connectivity index (χ4v) is 4.10. The Morgan fingerprint density at radius 3 is 2.68 bits per heavy atom. The number of halogens is 1. The number of hydrogen-bond donors (Lipinski definition) is 0. The van der Waals surface area contributed by atoms with Crippen molar-refractivity contribution in [3.8, 4) is 0 Å². The maximum atomic E-state index is 12.7. The maximum Gasteiger partial charge on any atom is 0.272 e. The van der Waals surface area contributed by atoms with Crippen molar-refractivity contribution < 1.29 is 4.79 Å². The van der Waals surface area contributed by atoms with Crippen molar-refractivity contribution in [3.63, 3.8) is 0 Å². The molecule has 0 aliphatic carbocycles. The summed E-state index contributed by atoms with van der Waals surface area (Å²) >= 11 is 12.9. The minimum atomic E-state index is -0.0551. The zero-order valence-corrected chi connectivity index (χ0v) is 14.7. The summed E-state index contributed by atoms with van der Waals surface area (Å²) in [6, 6.07) is 5.59. The van der Waals surface area contributed by atoms with E-state index in [1.54, 1.807) is 11.0 Å². The van der Waals surface area contributed by atoms with Crippen LogP contribution in [0.15, 0.2) is 29.3 Å². The zero-order chi connectivity index (χ0) is 15.7. The standard InChI is InChI=1S/C16H17ClN2OS2/c1-11-5-6-12(9-13(11)17)19-15(20)14(22-16(19)21)10-18-7-3-2-4-8-18/h5-6,9-10H,2-4,7-8H2,1H3/b14-10+. The normalized spacial score (nSPS) is 21.1. The molecule has 2 saturated heterocycles. The van der Waals surface area contributed by atoms with Crippen molar-refractivity contribution in [1.82, 2.24) is 4.90 Å². The fraction of sp³-hybridized carbons (Fsp3) is 0.375. The average molecular weight is 353 g/mol. The summed E-state index contributed by atoms with van der Waals surface area (Å²) in [5, 5.41) is 0.645. The quantitative estimate of drug-likeness (QED) is 0.583. The molecule has 2 aliphatic heterocycles. The van der Waals surface area contributed by atoms with E-state index in [4.69, 9.17) is 23.8 Å². The van der Waals surface area contributed by atoms with Gasteiger partial charge in [-0.2, -0.15) is 0 Å². The Balaban J connectivity index is 1.84. The van der Waals surface area contributed by atoms with Crippen molar-refractivity contribution >= 4 is 51.5 Å². The van der Waals surface area contributed by atoms with E-state index in [1.165, 1.54) is 31.0 Å². The molecule has 1 aromatic carbocycles. The van der Waals surface area contributed by atoms with Gasteiger partial charge in [0.2, 0.25) is 0 Å². The molecule has 1 aromatic rings. The van der Waals surface area contributed by atoms with Crippen LogP contribution in [0.4, 0.5) is 5.69 Å². The number of carbonyl (C=O) groups is 1. The zero-order valence-electron chi connectivity index (χ0n) is 12.3. The Labute approximate surface area is 145 Å². The van der Waals surface area contributed by atoms with E-state index in [-0.39, 0.29) is 5.91 Å². The molecule has 0 bridgehead atoms. The van der Waals surface area contributed by atoms with Gasteiger partial charge < -0.3 is 4.90 Å². The molecule has 1 amide bonds. The van der Waals surface area contributed by atoms with Crippen molar-refractivity contribution in [3.05, 3.63) is 39.9 Å². The van der Waals surface area contributed by atoms with E-state index < -0.39 is 0 Å². The molecule has 2 aliphatic rings. The van der Waals surface area contributed by atoms with Crippen LogP contribution >= 0.6 is 35.6 Å². The second-order valence-electron chi connectivity index (χ2n) is 5.53. The first-order valence-corrected chi connectivity index (χ1v) is 8.95. The van der Waals surface area contributed by atoms with E-state index in [0.29, 0.717) is 14.2 Å². The van der Waals surface area contributed by atoms with Crippen LogP contribution < -0.4 is 4.90 Å². The molecule has 3 nitrogen and oxygen atoms in total. The van der Waals surface area contributed by atoms with Gasteiger partial charge >= 0.3 is 0 Å². The van der Waals surface area contributed by atoms with Gasteiger partial charge in [-0.15, -0.1) is 0 Å². The number of thioether (sulfide) groups is 1. The summed E-state index contributed by atoms with van der Waals surface area (Å²) in [7, 11) is 0. The van der Waals surface area contributed by atoms with Gasteiger partial charge in [-0.3, -0.25) is 9.69 Å². The lowest BCUT2D eigenvalue weighted by Gasteiger charge is -2.25. The lowest BCUT2D eigenvalue weighted by Crippen LogP contribution is -2.29. The number of rotatable bonds is 2. The molecule has 22 heavy (non-hydrogen) atoms. The highest BCUT2D eigenvalue weighted by Crippen LogP contribution is 2.36. The van der Waals surface area contributed by atoms with E-state index >= 15 is 0 Å². The average Bonchev–Trinajstić information content (AvgIpc) is 2.78. The fourth-order valence-electron chi connectivity index (χ4n) is 2.61. The van der Waals surface area contributed by atoms with Gasteiger partial charge in [-0.25, -0.2) is 0 Å². The highest BCUT2D eigenvalue weighted by atomic mass is 35.5. The summed E-state index contributed by atoms with van der Waals surface area (Å²) in [5.41, 5.74) is 1.72. The van der Waals surface area contributed by atoms with E-state index in [2.05, 4.69) is 4.90 Å². The van der Waals surface area contributed by atoms with E-state index in [1.807, 2.05) is 25.3 Å². The highest BCUT2D eigenvalue weighted by molar-refractivity contribution is 8.27. The van der Waals surface area contributed by atoms with Gasteiger partial charge in [-0.05, 0) is 43.9 Å². The largest absolute Gasteiger partial charge is 0.376 e. The Bertz CT molecular complexity index is 654. The molecule has 0 saturated carbocycles. The molecule has 3 rings (SSSR count). The maximum absolute atomic E-state index is 12.7.